The maximum atomic E-state index is 14.7. The SMILES string of the molecule is Cc1cccnc1C(F)(F)C(=O)N1CCCC(n2cc(CO)nn2)C1. The van der Waals surface area contributed by atoms with Gasteiger partial charge >= 0.3 is 5.92 Å². The summed E-state index contributed by atoms with van der Waals surface area (Å²) in [6, 6.07) is 2.82. The van der Waals surface area contributed by atoms with Crippen molar-refractivity contribution in [2.45, 2.75) is 38.3 Å². The summed E-state index contributed by atoms with van der Waals surface area (Å²) in [5.41, 5.74) is 0.168. The maximum Gasteiger partial charge on any atom is 0.366 e. The Labute approximate surface area is 143 Å². The van der Waals surface area contributed by atoms with Gasteiger partial charge in [0, 0.05) is 19.3 Å². The van der Waals surface area contributed by atoms with Crippen LogP contribution in [-0.4, -0.2) is 49.0 Å². The summed E-state index contributed by atoms with van der Waals surface area (Å²) in [6.45, 7) is 1.65. The fourth-order valence-corrected chi connectivity index (χ4v) is 3.03. The molecular formula is C16H19F2N5O2. The second-order valence-corrected chi connectivity index (χ2v) is 6.14. The number of aliphatic hydroxyl groups is 1. The van der Waals surface area contributed by atoms with Gasteiger partial charge in [0.15, 0.2) is 0 Å². The van der Waals surface area contributed by atoms with Crippen molar-refractivity contribution in [3.63, 3.8) is 0 Å². The molecule has 2 aromatic heterocycles. The molecule has 1 atom stereocenters. The van der Waals surface area contributed by atoms with E-state index in [1.54, 1.807) is 12.3 Å². The number of aromatic nitrogens is 4. The molecule has 0 aromatic carbocycles. The van der Waals surface area contributed by atoms with E-state index in [1.807, 2.05) is 0 Å². The Bertz CT molecular complexity index is 764. The fourth-order valence-electron chi connectivity index (χ4n) is 3.03. The van der Waals surface area contributed by atoms with Gasteiger partial charge in [0.05, 0.1) is 18.8 Å². The fraction of sp³-hybridized carbons (Fsp3) is 0.500. The molecule has 0 saturated carbocycles. The predicted octanol–water partition coefficient (Wildman–Crippen LogP) is 1.43. The predicted molar refractivity (Wildman–Crippen MR) is 83.7 cm³/mol. The van der Waals surface area contributed by atoms with Crippen molar-refractivity contribution in [3.05, 3.63) is 41.5 Å². The quantitative estimate of drug-likeness (QED) is 0.901. The summed E-state index contributed by atoms with van der Waals surface area (Å²) in [5, 5.41) is 16.8. The first-order valence-corrected chi connectivity index (χ1v) is 8.04. The average molecular weight is 351 g/mol. The van der Waals surface area contributed by atoms with Gasteiger partial charge in [-0.05, 0) is 31.4 Å². The molecule has 9 heteroatoms. The number of aryl methyl sites for hydroxylation is 1. The van der Waals surface area contributed by atoms with E-state index >= 15 is 0 Å². The van der Waals surface area contributed by atoms with Crippen LogP contribution in [0.15, 0.2) is 24.5 Å². The zero-order valence-electron chi connectivity index (χ0n) is 13.8. The van der Waals surface area contributed by atoms with E-state index in [2.05, 4.69) is 15.3 Å². The van der Waals surface area contributed by atoms with Crippen LogP contribution in [0.5, 0.6) is 0 Å². The summed E-state index contributed by atoms with van der Waals surface area (Å²) < 4.78 is 30.8. The number of halogens is 2. The van der Waals surface area contributed by atoms with Crippen molar-refractivity contribution in [3.8, 4) is 0 Å². The average Bonchev–Trinajstić information content (AvgIpc) is 3.10. The molecule has 134 valence electrons. The van der Waals surface area contributed by atoms with Gasteiger partial charge in [-0.1, -0.05) is 11.3 Å². The Morgan fingerprint density at radius 2 is 2.28 bits per heavy atom. The molecule has 25 heavy (non-hydrogen) atoms. The molecule has 1 unspecified atom stereocenters. The first kappa shape index (κ1) is 17.4. The largest absolute Gasteiger partial charge is 0.390 e. The van der Waals surface area contributed by atoms with E-state index in [4.69, 9.17) is 5.11 Å². The van der Waals surface area contributed by atoms with Crippen LogP contribution < -0.4 is 0 Å². The molecule has 0 aliphatic carbocycles. The smallest absolute Gasteiger partial charge is 0.366 e. The highest BCUT2D eigenvalue weighted by molar-refractivity contribution is 5.84. The van der Waals surface area contributed by atoms with Gasteiger partial charge in [-0.3, -0.25) is 9.78 Å². The lowest BCUT2D eigenvalue weighted by atomic mass is 10.0. The van der Waals surface area contributed by atoms with Gasteiger partial charge in [0.1, 0.15) is 11.4 Å². The minimum atomic E-state index is -3.67. The lowest BCUT2D eigenvalue weighted by Crippen LogP contribution is -2.47. The first-order valence-electron chi connectivity index (χ1n) is 8.04. The van der Waals surface area contributed by atoms with Gasteiger partial charge in [-0.2, -0.15) is 8.78 Å². The minimum Gasteiger partial charge on any atom is -0.390 e. The Hall–Kier alpha value is -2.42. The summed E-state index contributed by atoms with van der Waals surface area (Å²) in [5.74, 6) is -4.92. The number of aliphatic hydroxyl groups excluding tert-OH is 1. The highest BCUT2D eigenvalue weighted by Gasteiger charge is 2.47. The van der Waals surface area contributed by atoms with Crippen molar-refractivity contribution in [1.29, 1.82) is 0 Å². The van der Waals surface area contributed by atoms with E-state index in [-0.39, 0.29) is 31.3 Å². The number of amides is 1. The standard InChI is InChI=1S/C16H19F2N5O2/c1-11-4-2-6-19-14(11)16(17,18)15(25)22-7-3-5-13(9-22)23-8-12(10-24)20-21-23/h2,4,6,8,13,24H,3,5,7,9-10H2,1H3. The summed E-state index contributed by atoms with van der Waals surface area (Å²) in [4.78, 5) is 17.3. The number of piperidine rings is 1. The number of carbonyl (C=O) groups excluding carboxylic acids is 1. The second-order valence-electron chi connectivity index (χ2n) is 6.14. The van der Waals surface area contributed by atoms with Crippen LogP contribution in [0.4, 0.5) is 8.78 Å². The van der Waals surface area contributed by atoms with E-state index in [0.717, 1.165) is 4.90 Å². The number of rotatable bonds is 4. The molecular weight excluding hydrogens is 332 g/mol. The maximum absolute atomic E-state index is 14.7. The Kier molecular flexibility index (Phi) is 4.76. The van der Waals surface area contributed by atoms with Gasteiger partial charge < -0.3 is 10.0 Å². The zero-order chi connectivity index (χ0) is 18.0. The van der Waals surface area contributed by atoms with E-state index < -0.39 is 17.5 Å². The Balaban J connectivity index is 1.78. The number of likely N-dealkylation sites (tertiary alicyclic amines) is 1. The van der Waals surface area contributed by atoms with Gasteiger partial charge in [0.25, 0.3) is 5.91 Å². The normalized spacial score (nSPS) is 18.4. The van der Waals surface area contributed by atoms with Crippen molar-refractivity contribution >= 4 is 5.91 Å². The topological polar surface area (TPSA) is 84.1 Å². The highest BCUT2D eigenvalue weighted by Crippen LogP contribution is 2.33. The van der Waals surface area contributed by atoms with Crippen molar-refractivity contribution in [2.24, 2.45) is 0 Å². The van der Waals surface area contributed by atoms with Crippen LogP contribution in [-0.2, 0) is 17.3 Å². The lowest BCUT2D eigenvalue weighted by molar-refractivity contribution is -0.161. The molecule has 0 spiro atoms. The number of alkyl halides is 2. The van der Waals surface area contributed by atoms with E-state index in [0.29, 0.717) is 18.5 Å². The molecule has 7 nitrogen and oxygen atoms in total. The van der Waals surface area contributed by atoms with E-state index in [9.17, 15) is 13.6 Å². The van der Waals surface area contributed by atoms with Crippen LogP contribution in [0.25, 0.3) is 0 Å². The Morgan fingerprint density at radius 1 is 1.48 bits per heavy atom. The zero-order valence-corrected chi connectivity index (χ0v) is 13.8. The molecule has 2 aromatic rings. The van der Waals surface area contributed by atoms with Crippen LogP contribution in [0.1, 0.15) is 35.8 Å². The molecule has 3 heterocycles. The molecule has 1 N–H and O–H groups in total. The van der Waals surface area contributed by atoms with Crippen LogP contribution in [0, 0.1) is 6.92 Å². The highest BCUT2D eigenvalue weighted by atomic mass is 19.3. The third-order valence-electron chi connectivity index (χ3n) is 4.35. The van der Waals surface area contributed by atoms with Gasteiger partial charge in [-0.15, -0.1) is 5.10 Å². The molecule has 1 saturated heterocycles. The number of carbonyl (C=O) groups is 1. The van der Waals surface area contributed by atoms with Crippen molar-refractivity contribution < 1.29 is 18.7 Å². The molecule has 0 bridgehead atoms. The first-order chi connectivity index (χ1) is 11.9. The Morgan fingerprint density at radius 3 is 2.96 bits per heavy atom. The molecule has 0 radical (unpaired) electrons. The molecule has 1 aliphatic heterocycles. The monoisotopic (exact) mass is 351 g/mol. The minimum absolute atomic E-state index is 0.120. The molecule has 1 amide bonds. The summed E-state index contributed by atoms with van der Waals surface area (Å²) in [7, 11) is 0. The van der Waals surface area contributed by atoms with E-state index in [1.165, 1.54) is 23.9 Å². The number of hydrogen-bond donors (Lipinski definition) is 1. The number of pyridine rings is 1. The second kappa shape index (κ2) is 6.83. The number of nitrogens with zero attached hydrogens (tertiary/aromatic N) is 5. The summed E-state index contributed by atoms with van der Waals surface area (Å²) >= 11 is 0. The van der Waals surface area contributed by atoms with Crippen LogP contribution in [0.3, 0.4) is 0 Å². The number of hydrogen-bond acceptors (Lipinski definition) is 5. The third kappa shape index (κ3) is 3.37. The van der Waals surface area contributed by atoms with Crippen LogP contribution in [0.2, 0.25) is 0 Å². The van der Waals surface area contributed by atoms with Gasteiger partial charge in [0.2, 0.25) is 0 Å². The molecule has 3 rings (SSSR count). The lowest BCUT2D eigenvalue weighted by Gasteiger charge is -2.34. The van der Waals surface area contributed by atoms with Gasteiger partial charge in [-0.25, -0.2) is 4.68 Å². The van der Waals surface area contributed by atoms with Crippen molar-refractivity contribution in [1.82, 2.24) is 24.9 Å². The van der Waals surface area contributed by atoms with Crippen LogP contribution >= 0.6 is 0 Å². The molecule has 1 fully saturated rings. The summed E-state index contributed by atoms with van der Waals surface area (Å²) in [6.07, 6.45) is 4.11. The molecule has 1 aliphatic rings. The third-order valence-corrected chi connectivity index (χ3v) is 4.35. The van der Waals surface area contributed by atoms with Crippen molar-refractivity contribution in [2.75, 3.05) is 13.1 Å².